The largest absolute Gasteiger partial charge is 0.398 e. The third-order valence-corrected chi connectivity index (χ3v) is 4.87. The van der Waals surface area contributed by atoms with Gasteiger partial charge >= 0.3 is 0 Å². The van der Waals surface area contributed by atoms with Gasteiger partial charge in [-0.1, -0.05) is 0 Å². The fraction of sp³-hybridized carbons (Fsp3) is 0.538. The van der Waals surface area contributed by atoms with E-state index in [0.29, 0.717) is 5.92 Å². The van der Waals surface area contributed by atoms with E-state index in [1.807, 2.05) is 6.92 Å². The molecule has 1 saturated heterocycles. The van der Waals surface area contributed by atoms with Crippen molar-refractivity contribution in [2.45, 2.75) is 30.8 Å². The quantitative estimate of drug-likeness (QED) is 0.705. The van der Waals surface area contributed by atoms with E-state index in [0.717, 1.165) is 31.6 Å². The summed E-state index contributed by atoms with van der Waals surface area (Å²) >= 11 is 0. The Kier molecular flexibility index (Phi) is 4.22. The molecule has 6 nitrogen and oxygen atoms in total. The van der Waals surface area contributed by atoms with Crippen molar-refractivity contribution in [1.82, 2.24) is 0 Å². The van der Waals surface area contributed by atoms with Crippen molar-refractivity contribution < 1.29 is 13.5 Å². The topological polar surface area (TPSA) is 110 Å². The summed E-state index contributed by atoms with van der Waals surface area (Å²) in [7, 11) is -3.78. The molecule has 0 amide bonds. The number of hydrogen-bond donors (Lipinski definition) is 3. The maximum absolute atomic E-state index is 11.3. The molecule has 0 radical (unpaired) electrons. The highest BCUT2D eigenvalue weighted by Crippen LogP contribution is 2.28. The van der Waals surface area contributed by atoms with Crippen LogP contribution in [0.1, 0.15) is 19.8 Å². The molecule has 1 heterocycles. The molecule has 0 aromatic heterocycles. The minimum atomic E-state index is -3.78. The molecule has 1 fully saturated rings. The van der Waals surface area contributed by atoms with E-state index >= 15 is 0 Å². The maximum atomic E-state index is 11.3. The predicted octanol–water partition coefficient (Wildman–Crippen LogP) is 0.513. The molecule has 1 aliphatic heterocycles. The van der Waals surface area contributed by atoms with Gasteiger partial charge in [-0.2, -0.15) is 0 Å². The molecule has 1 unspecified atom stereocenters. The van der Waals surface area contributed by atoms with Crippen LogP contribution >= 0.6 is 0 Å². The van der Waals surface area contributed by atoms with E-state index in [4.69, 9.17) is 10.9 Å². The lowest BCUT2D eigenvalue weighted by Crippen LogP contribution is -2.37. The van der Waals surface area contributed by atoms with E-state index < -0.39 is 10.0 Å². The van der Waals surface area contributed by atoms with Crippen LogP contribution < -0.4 is 15.8 Å². The SMILES string of the molecule is CC(O)C1CCN(c2ccc(S(N)(=O)=O)c(N)c2)CC1. The van der Waals surface area contributed by atoms with E-state index in [1.165, 1.54) is 6.07 Å². The Morgan fingerprint density at radius 1 is 1.35 bits per heavy atom. The van der Waals surface area contributed by atoms with Gasteiger partial charge in [0.1, 0.15) is 4.90 Å². The third kappa shape index (κ3) is 3.23. The van der Waals surface area contributed by atoms with Gasteiger partial charge in [0.15, 0.2) is 0 Å². The second kappa shape index (κ2) is 5.59. The summed E-state index contributed by atoms with van der Waals surface area (Å²) in [6.45, 7) is 3.46. The van der Waals surface area contributed by atoms with Crippen molar-refractivity contribution in [3.8, 4) is 0 Å². The van der Waals surface area contributed by atoms with Crippen LogP contribution in [-0.4, -0.2) is 32.7 Å². The number of benzene rings is 1. The van der Waals surface area contributed by atoms with Crippen molar-refractivity contribution in [1.29, 1.82) is 0 Å². The van der Waals surface area contributed by atoms with E-state index in [-0.39, 0.29) is 16.7 Å². The van der Waals surface area contributed by atoms with Crippen LogP contribution in [0.15, 0.2) is 23.1 Å². The van der Waals surface area contributed by atoms with E-state index in [9.17, 15) is 13.5 Å². The van der Waals surface area contributed by atoms with Crippen molar-refractivity contribution in [3.05, 3.63) is 18.2 Å². The first-order valence-electron chi connectivity index (χ1n) is 6.64. The smallest absolute Gasteiger partial charge is 0.240 e. The van der Waals surface area contributed by atoms with Gasteiger partial charge in [0.25, 0.3) is 0 Å². The molecule has 0 spiro atoms. The molecule has 1 aromatic carbocycles. The lowest BCUT2D eigenvalue weighted by molar-refractivity contribution is 0.110. The standard InChI is InChI=1S/C13H21N3O3S/c1-9(17)10-4-6-16(7-5-10)11-2-3-13(12(14)8-11)20(15,18)19/h2-3,8-10,17H,4-7,14H2,1H3,(H2,15,18,19). The zero-order valence-electron chi connectivity index (χ0n) is 11.5. The Hall–Kier alpha value is -1.31. The molecule has 2 rings (SSSR count). The molecule has 1 aliphatic rings. The van der Waals surface area contributed by atoms with Gasteiger partial charge in [-0.15, -0.1) is 0 Å². The van der Waals surface area contributed by atoms with Crippen molar-refractivity contribution in [2.24, 2.45) is 11.1 Å². The predicted molar refractivity (Wildman–Crippen MR) is 78.8 cm³/mol. The summed E-state index contributed by atoms with van der Waals surface area (Å²) in [4.78, 5) is 2.10. The zero-order chi connectivity index (χ0) is 14.9. The molecule has 0 aliphatic carbocycles. The van der Waals surface area contributed by atoms with Crippen LogP contribution in [0.25, 0.3) is 0 Å². The second-order valence-electron chi connectivity index (χ2n) is 5.33. The molecule has 1 atom stereocenters. The Morgan fingerprint density at radius 3 is 2.40 bits per heavy atom. The van der Waals surface area contributed by atoms with Crippen molar-refractivity contribution in [3.63, 3.8) is 0 Å². The number of sulfonamides is 1. The van der Waals surface area contributed by atoms with E-state index in [2.05, 4.69) is 4.90 Å². The van der Waals surface area contributed by atoms with Gasteiger partial charge in [0.05, 0.1) is 11.8 Å². The van der Waals surface area contributed by atoms with Gasteiger partial charge in [-0.25, -0.2) is 13.6 Å². The molecule has 20 heavy (non-hydrogen) atoms. The highest BCUT2D eigenvalue weighted by molar-refractivity contribution is 7.89. The number of aliphatic hydroxyl groups excluding tert-OH is 1. The Balaban J connectivity index is 2.14. The fourth-order valence-electron chi connectivity index (χ4n) is 2.63. The average molecular weight is 299 g/mol. The average Bonchev–Trinajstić information content (AvgIpc) is 2.37. The van der Waals surface area contributed by atoms with Crippen LogP contribution in [0.3, 0.4) is 0 Å². The summed E-state index contributed by atoms with van der Waals surface area (Å²) in [6, 6.07) is 4.81. The normalized spacial score (nSPS) is 19.1. The first-order valence-corrected chi connectivity index (χ1v) is 8.19. The number of nitrogens with zero attached hydrogens (tertiary/aromatic N) is 1. The number of hydrogen-bond acceptors (Lipinski definition) is 5. The monoisotopic (exact) mass is 299 g/mol. The summed E-state index contributed by atoms with van der Waals surface area (Å²) in [5, 5.41) is 14.7. The van der Waals surface area contributed by atoms with Crippen molar-refractivity contribution >= 4 is 21.4 Å². The Labute approximate surface area is 119 Å². The van der Waals surface area contributed by atoms with E-state index in [1.54, 1.807) is 12.1 Å². The number of anilines is 2. The van der Waals surface area contributed by atoms with Gasteiger partial charge in [0.2, 0.25) is 10.0 Å². The number of nitrogens with two attached hydrogens (primary N) is 2. The first-order chi connectivity index (χ1) is 9.29. The van der Waals surface area contributed by atoms with Gasteiger partial charge in [-0.3, -0.25) is 0 Å². The van der Waals surface area contributed by atoms with Crippen LogP contribution in [0.4, 0.5) is 11.4 Å². The maximum Gasteiger partial charge on any atom is 0.240 e. The number of aliphatic hydroxyl groups is 1. The van der Waals surface area contributed by atoms with Crippen LogP contribution in [0, 0.1) is 5.92 Å². The minimum Gasteiger partial charge on any atom is -0.398 e. The summed E-state index contributed by atoms with van der Waals surface area (Å²) in [5.41, 5.74) is 6.82. The third-order valence-electron chi connectivity index (χ3n) is 3.89. The molecule has 0 saturated carbocycles. The molecule has 5 N–H and O–H groups in total. The minimum absolute atomic E-state index is 0.0416. The van der Waals surface area contributed by atoms with Crippen LogP contribution in [0.5, 0.6) is 0 Å². The molecule has 112 valence electrons. The number of rotatable bonds is 3. The Morgan fingerprint density at radius 2 is 1.95 bits per heavy atom. The fourth-order valence-corrected chi connectivity index (χ4v) is 3.28. The lowest BCUT2D eigenvalue weighted by Gasteiger charge is -2.35. The molecular weight excluding hydrogens is 278 g/mol. The van der Waals surface area contributed by atoms with Crippen molar-refractivity contribution in [2.75, 3.05) is 23.7 Å². The number of nitrogen functional groups attached to an aromatic ring is 1. The zero-order valence-corrected chi connectivity index (χ0v) is 12.3. The molecular formula is C13H21N3O3S. The molecule has 1 aromatic rings. The van der Waals surface area contributed by atoms with Crippen LogP contribution in [0.2, 0.25) is 0 Å². The molecule has 7 heteroatoms. The van der Waals surface area contributed by atoms with Gasteiger partial charge in [-0.05, 0) is 43.9 Å². The lowest BCUT2D eigenvalue weighted by atomic mass is 9.92. The number of primary sulfonamides is 1. The van der Waals surface area contributed by atoms with Gasteiger partial charge in [0, 0.05) is 18.8 Å². The highest BCUT2D eigenvalue weighted by atomic mass is 32.2. The number of piperidine rings is 1. The first kappa shape index (κ1) is 15.1. The van der Waals surface area contributed by atoms with Crippen LogP contribution in [-0.2, 0) is 10.0 Å². The highest BCUT2D eigenvalue weighted by Gasteiger charge is 2.23. The summed E-state index contributed by atoms with van der Waals surface area (Å²) in [6.07, 6.45) is 1.54. The Bertz CT molecular complexity index is 579. The summed E-state index contributed by atoms with van der Waals surface area (Å²) < 4.78 is 22.6. The second-order valence-corrected chi connectivity index (χ2v) is 6.86. The van der Waals surface area contributed by atoms with Gasteiger partial charge < -0.3 is 15.7 Å². The summed E-state index contributed by atoms with van der Waals surface area (Å²) in [5.74, 6) is 0.326. The molecule has 0 bridgehead atoms.